The van der Waals surface area contributed by atoms with Crippen LogP contribution < -0.4 is 10.1 Å². The van der Waals surface area contributed by atoms with Gasteiger partial charge in [0.2, 0.25) is 0 Å². The molecule has 1 aromatic carbocycles. The van der Waals surface area contributed by atoms with E-state index in [4.69, 9.17) is 9.47 Å². The first kappa shape index (κ1) is 26.1. The van der Waals surface area contributed by atoms with Crippen molar-refractivity contribution >= 4 is 23.2 Å². The van der Waals surface area contributed by atoms with Crippen molar-refractivity contribution in [3.05, 3.63) is 52.5 Å². The summed E-state index contributed by atoms with van der Waals surface area (Å²) in [4.78, 5) is 30.2. The van der Waals surface area contributed by atoms with Crippen molar-refractivity contribution in [2.24, 2.45) is 0 Å². The number of ether oxygens (including phenoxy) is 2. The third kappa shape index (κ3) is 4.07. The van der Waals surface area contributed by atoms with E-state index in [-0.39, 0.29) is 12.5 Å². The van der Waals surface area contributed by atoms with E-state index in [1.54, 1.807) is 16.2 Å². The quantitative estimate of drug-likeness (QED) is 0.499. The normalized spacial score (nSPS) is 23.1. The van der Waals surface area contributed by atoms with Gasteiger partial charge in [-0.2, -0.15) is 10.5 Å². The van der Waals surface area contributed by atoms with Crippen LogP contribution in [-0.2, 0) is 17.7 Å². The van der Waals surface area contributed by atoms with E-state index in [1.807, 2.05) is 47.2 Å². The maximum atomic E-state index is 14.0. The Balaban J connectivity index is 1.49. The number of benzene rings is 1. The molecular formula is C30H29N5O4S. The first-order chi connectivity index (χ1) is 19.3. The topological polar surface area (TPSA) is 120 Å². The smallest absolute Gasteiger partial charge is 0.271 e. The Labute approximate surface area is 236 Å². The highest BCUT2D eigenvalue weighted by Gasteiger charge is 2.42. The lowest BCUT2D eigenvalue weighted by atomic mass is 9.92. The number of rotatable bonds is 5. The third-order valence-corrected chi connectivity index (χ3v) is 9.25. The molecule has 3 aliphatic rings. The van der Waals surface area contributed by atoms with E-state index >= 15 is 0 Å². The summed E-state index contributed by atoms with van der Waals surface area (Å²) < 4.78 is 13.1. The number of nitriles is 2. The standard InChI is InChI=1S/C30H29N5O4S/c1-29(16-31)7-4-9-35(29)28(37)23-15-22(25-5-3-12-40-25)26-20-14-21(24(38-2)13-19(20)6-10-34(23)26)27(36)33-30(17-32)8-11-39-18-30/h3,5,12-15H,4,6-11,18H2,1-2H3,(H,33,36)/t29-,30+/m1/s1. The number of methoxy groups -OCH3 is 1. The minimum atomic E-state index is -1.08. The number of aromatic nitrogens is 1. The third-order valence-electron chi connectivity index (χ3n) is 8.35. The molecular weight excluding hydrogens is 526 g/mol. The molecule has 6 rings (SSSR count). The van der Waals surface area contributed by atoms with E-state index in [1.165, 1.54) is 7.11 Å². The number of hydrogen-bond donors (Lipinski definition) is 1. The fourth-order valence-corrected chi connectivity index (χ4v) is 6.85. The van der Waals surface area contributed by atoms with Gasteiger partial charge in [0.1, 0.15) is 17.0 Å². The van der Waals surface area contributed by atoms with Gasteiger partial charge in [-0.3, -0.25) is 9.59 Å². The molecule has 9 nitrogen and oxygen atoms in total. The Bertz CT molecular complexity index is 1590. The summed E-state index contributed by atoms with van der Waals surface area (Å²) >= 11 is 1.58. The number of aryl methyl sites for hydroxylation is 1. The highest BCUT2D eigenvalue weighted by atomic mass is 32.1. The number of nitrogens with zero attached hydrogens (tertiary/aromatic N) is 4. The molecule has 2 amide bonds. The molecule has 40 heavy (non-hydrogen) atoms. The molecule has 5 heterocycles. The van der Waals surface area contributed by atoms with Crippen molar-refractivity contribution in [2.45, 2.75) is 50.2 Å². The molecule has 0 saturated carbocycles. The largest absolute Gasteiger partial charge is 0.496 e. The summed E-state index contributed by atoms with van der Waals surface area (Å²) in [7, 11) is 1.53. The number of hydrogen-bond acceptors (Lipinski definition) is 7. The number of carbonyl (C=O) groups excluding carboxylic acids is 2. The Morgan fingerprint density at radius 2 is 2.00 bits per heavy atom. The molecule has 2 fully saturated rings. The van der Waals surface area contributed by atoms with Crippen LogP contribution >= 0.6 is 11.3 Å². The lowest BCUT2D eigenvalue weighted by molar-refractivity contribution is 0.0681. The number of likely N-dealkylation sites (tertiary alicyclic amines) is 1. The van der Waals surface area contributed by atoms with E-state index < -0.39 is 17.0 Å². The van der Waals surface area contributed by atoms with Gasteiger partial charge in [0.05, 0.1) is 43.7 Å². The van der Waals surface area contributed by atoms with Crippen LogP contribution in [0, 0.1) is 22.7 Å². The number of amides is 2. The second-order valence-electron chi connectivity index (χ2n) is 10.8. The molecule has 3 aliphatic heterocycles. The predicted molar refractivity (Wildman–Crippen MR) is 149 cm³/mol. The van der Waals surface area contributed by atoms with E-state index in [2.05, 4.69) is 17.5 Å². The summed E-state index contributed by atoms with van der Waals surface area (Å²) in [6.07, 6.45) is 2.50. The van der Waals surface area contributed by atoms with Crippen molar-refractivity contribution in [1.29, 1.82) is 10.5 Å². The number of nitrogens with one attached hydrogen (secondary N) is 1. The van der Waals surface area contributed by atoms with E-state index in [0.29, 0.717) is 56.0 Å². The van der Waals surface area contributed by atoms with Gasteiger partial charge in [0.15, 0.2) is 5.54 Å². The van der Waals surface area contributed by atoms with Crippen molar-refractivity contribution in [1.82, 2.24) is 14.8 Å². The number of thiophene rings is 1. The molecule has 0 bridgehead atoms. The van der Waals surface area contributed by atoms with Crippen molar-refractivity contribution in [3.63, 3.8) is 0 Å². The SMILES string of the molecule is COc1cc2c(cc1C(=O)N[C@]1(C#N)CCOC1)-c1c(-c3cccs3)cc(C(=O)N3CCC[C@]3(C)C#N)n1CC2. The zero-order valence-corrected chi connectivity index (χ0v) is 23.3. The molecule has 10 heteroatoms. The van der Waals surface area contributed by atoms with Crippen molar-refractivity contribution in [3.8, 4) is 39.6 Å². The van der Waals surface area contributed by atoms with Crippen LogP contribution in [0.2, 0.25) is 0 Å². The van der Waals surface area contributed by atoms with Gasteiger partial charge in [-0.05, 0) is 61.4 Å². The molecule has 0 unspecified atom stereocenters. The maximum Gasteiger partial charge on any atom is 0.271 e. The fourth-order valence-electron chi connectivity index (χ4n) is 6.10. The number of carbonyl (C=O) groups is 2. The summed E-state index contributed by atoms with van der Waals surface area (Å²) in [6, 6.07) is 14.2. The van der Waals surface area contributed by atoms with Crippen LogP contribution in [-0.4, -0.2) is 59.2 Å². The summed E-state index contributed by atoms with van der Waals surface area (Å²) in [5, 5.41) is 24.5. The van der Waals surface area contributed by atoms with Crippen LogP contribution in [0.5, 0.6) is 5.75 Å². The van der Waals surface area contributed by atoms with E-state index in [9.17, 15) is 20.1 Å². The van der Waals surface area contributed by atoms with Crippen LogP contribution in [0.4, 0.5) is 0 Å². The van der Waals surface area contributed by atoms with Gasteiger partial charge < -0.3 is 24.3 Å². The molecule has 0 radical (unpaired) electrons. The average Bonchev–Trinajstić information content (AvgIpc) is 3.78. The van der Waals surface area contributed by atoms with Crippen molar-refractivity contribution in [2.75, 3.05) is 26.9 Å². The lowest BCUT2D eigenvalue weighted by Gasteiger charge is -2.30. The Hall–Kier alpha value is -4.12. The van der Waals surface area contributed by atoms with Gasteiger partial charge in [0, 0.05) is 35.5 Å². The van der Waals surface area contributed by atoms with Gasteiger partial charge in [0.25, 0.3) is 11.8 Å². The zero-order valence-electron chi connectivity index (χ0n) is 22.5. The summed E-state index contributed by atoms with van der Waals surface area (Å²) in [6.45, 7) is 3.49. The molecule has 0 spiro atoms. The predicted octanol–water partition coefficient (Wildman–Crippen LogP) is 4.38. The zero-order chi connectivity index (χ0) is 28.1. The molecule has 0 aliphatic carbocycles. The molecule has 2 saturated heterocycles. The first-order valence-electron chi connectivity index (χ1n) is 13.4. The van der Waals surface area contributed by atoms with Gasteiger partial charge in [-0.15, -0.1) is 11.3 Å². The van der Waals surface area contributed by atoms with Crippen LogP contribution in [0.1, 0.15) is 52.6 Å². The summed E-state index contributed by atoms with van der Waals surface area (Å²) in [5.74, 6) is -0.136. The minimum absolute atomic E-state index is 0.136. The fraction of sp³-hybridized carbons (Fsp3) is 0.400. The van der Waals surface area contributed by atoms with Gasteiger partial charge in [-0.1, -0.05) is 6.07 Å². The summed E-state index contributed by atoms with van der Waals surface area (Å²) in [5.41, 5.74) is 2.57. The number of fused-ring (bicyclic) bond motifs is 3. The molecule has 3 aromatic rings. The Kier molecular flexibility index (Phi) is 6.41. The second-order valence-corrected chi connectivity index (χ2v) is 11.7. The lowest BCUT2D eigenvalue weighted by Crippen LogP contribution is -2.48. The Morgan fingerprint density at radius 3 is 2.67 bits per heavy atom. The molecule has 1 N–H and O–H groups in total. The highest BCUT2D eigenvalue weighted by Crippen LogP contribution is 2.44. The average molecular weight is 556 g/mol. The first-order valence-corrected chi connectivity index (χ1v) is 14.2. The molecule has 2 atom stereocenters. The highest BCUT2D eigenvalue weighted by molar-refractivity contribution is 7.13. The Morgan fingerprint density at radius 1 is 1.15 bits per heavy atom. The second kappa shape index (κ2) is 9.81. The molecule has 2 aromatic heterocycles. The monoisotopic (exact) mass is 555 g/mol. The van der Waals surface area contributed by atoms with Crippen LogP contribution in [0.15, 0.2) is 35.7 Å². The van der Waals surface area contributed by atoms with Gasteiger partial charge >= 0.3 is 0 Å². The maximum absolute atomic E-state index is 14.0. The minimum Gasteiger partial charge on any atom is -0.496 e. The van der Waals surface area contributed by atoms with Crippen LogP contribution in [0.25, 0.3) is 21.7 Å². The van der Waals surface area contributed by atoms with Gasteiger partial charge in [-0.25, -0.2) is 0 Å². The van der Waals surface area contributed by atoms with Crippen LogP contribution in [0.3, 0.4) is 0 Å². The molecule has 204 valence electrons. The van der Waals surface area contributed by atoms with E-state index in [0.717, 1.165) is 33.7 Å². The van der Waals surface area contributed by atoms with Crippen molar-refractivity contribution < 1.29 is 19.1 Å².